The molecule has 1 aromatic carbocycles. The van der Waals surface area contributed by atoms with Crippen molar-refractivity contribution in [1.29, 1.82) is 0 Å². The molecule has 0 aliphatic heterocycles. The Hall–Kier alpha value is -1.91. The standard InChI is InChI=1S/C18H19NO5S3/c1-23-14-7-6-13(10-15(14)24-2)27(21,22)19-11-12-5-8-17(26-12)18(20)16-4-3-9-25-16/h3-10,18-20H,11H2,1-2H3. The van der Waals surface area contributed by atoms with Crippen LogP contribution in [0.2, 0.25) is 0 Å². The van der Waals surface area contributed by atoms with Crippen LogP contribution in [0.15, 0.2) is 52.7 Å². The van der Waals surface area contributed by atoms with Gasteiger partial charge in [0.1, 0.15) is 6.10 Å². The number of sulfonamides is 1. The fraction of sp³-hybridized carbons (Fsp3) is 0.222. The average Bonchev–Trinajstić information content (AvgIpc) is 3.37. The lowest BCUT2D eigenvalue weighted by Crippen LogP contribution is -2.22. The van der Waals surface area contributed by atoms with Gasteiger partial charge in [-0.25, -0.2) is 13.1 Å². The van der Waals surface area contributed by atoms with E-state index in [0.717, 1.165) is 14.6 Å². The summed E-state index contributed by atoms with van der Waals surface area (Å²) in [6.07, 6.45) is -0.689. The number of thiophene rings is 2. The number of ether oxygens (including phenoxy) is 2. The molecule has 0 fully saturated rings. The molecule has 1 atom stereocenters. The zero-order chi connectivity index (χ0) is 19.4. The number of nitrogens with one attached hydrogen (secondary N) is 1. The van der Waals surface area contributed by atoms with Crippen molar-refractivity contribution in [2.24, 2.45) is 0 Å². The first-order valence-corrected chi connectivity index (χ1v) is 11.1. The highest BCUT2D eigenvalue weighted by Gasteiger charge is 2.18. The molecule has 0 spiro atoms. The van der Waals surface area contributed by atoms with Crippen LogP contribution in [0.25, 0.3) is 0 Å². The van der Waals surface area contributed by atoms with Gasteiger partial charge in [-0.15, -0.1) is 22.7 Å². The number of aliphatic hydroxyl groups is 1. The number of benzene rings is 1. The van der Waals surface area contributed by atoms with E-state index in [-0.39, 0.29) is 11.4 Å². The highest BCUT2D eigenvalue weighted by Crippen LogP contribution is 2.32. The van der Waals surface area contributed by atoms with Crippen molar-refractivity contribution in [3.05, 3.63) is 62.5 Å². The molecule has 0 aliphatic rings. The Bertz CT molecular complexity index is 996. The minimum Gasteiger partial charge on any atom is -0.493 e. The Kier molecular flexibility index (Phi) is 6.18. The summed E-state index contributed by atoms with van der Waals surface area (Å²) < 4.78 is 38.0. The molecule has 0 bridgehead atoms. The molecule has 3 aromatic rings. The molecular weight excluding hydrogens is 406 g/mol. The lowest BCUT2D eigenvalue weighted by molar-refractivity contribution is 0.228. The predicted octanol–water partition coefficient (Wildman–Crippen LogP) is 3.39. The van der Waals surface area contributed by atoms with Crippen LogP contribution in [0.1, 0.15) is 20.7 Å². The molecule has 9 heteroatoms. The number of rotatable bonds is 8. The monoisotopic (exact) mass is 425 g/mol. The first-order valence-electron chi connectivity index (χ1n) is 7.96. The van der Waals surface area contributed by atoms with Crippen LogP contribution in [-0.2, 0) is 16.6 Å². The summed E-state index contributed by atoms with van der Waals surface area (Å²) in [4.78, 5) is 2.53. The molecular formula is C18H19NO5S3. The van der Waals surface area contributed by atoms with Crippen molar-refractivity contribution in [1.82, 2.24) is 4.72 Å². The van der Waals surface area contributed by atoms with Gasteiger partial charge >= 0.3 is 0 Å². The van der Waals surface area contributed by atoms with Gasteiger partial charge in [-0.3, -0.25) is 0 Å². The zero-order valence-electron chi connectivity index (χ0n) is 14.7. The Morgan fingerprint density at radius 2 is 1.85 bits per heavy atom. The Morgan fingerprint density at radius 1 is 1.07 bits per heavy atom. The average molecular weight is 426 g/mol. The summed E-state index contributed by atoms with van der Waals surface area (Å²) in [6, 6.07) is 11.8. The van der Waals surface area contributed by atoms with Gasteiger partial charge in [0.05, 0.1) is 19.1 Å². The SMILES string of the molecule is COc1ccc(S(=O)(=O)NCc2ccc(C(O)c3cccs3)s2)cc1OC. The van der Waals surface area contributed by atoms with Gasteiger partial charge in [0.15, 0.2) is 11.5 Å². The third-order valence-electron chi connectivity index (χ3n) is 3.87. The summed E-state index contributed by atoms with van der Waals surface area (Å²) in [5.74, 6) is 0.805. The molecule has 0 radical (unpaired) electrons. The van der Waals surface area contributed by atoms with Crippen LogP contribution in [0.4, 0.5) is 0 Å². The maximum Gasteiger partial charge on any atom is 0.241 e. The lowest BCUT2D eigenvalue weighted by atomic mass is 10.2. The van der Waals surface area contributed by atoms with Crippen molar-refractivity contribution in [2.75, 3.05) is 14.2 Å². The summed E-state index contributed by atoms with van der Waals surface area (Å²) in [5.41, 5.74) is 0. The van der Waals surface area contributed by atoms with Crippen LogP contribution < -0.4 is 14.2 Å². The zero-order valence-corrected chi connectivity index (χ0v) is 17.2. The van der Waals surface area contributed by atoms with E-state index in [1.165, 1.54) is 49.0 Å². The van der Waals surface area contributed by atoms with Gasteiger partial charge < -0.3 is 14.6 Å². The van der Waals surface area contributed by atoms with Crippen molar-refractivity contribution in [2.45, 2.75) is 17.5 Å². The molecule has 27 heavy (non-hydrogen) atoms. The van der Waals surface area contributed by atoms with E-state index in [9.17, 15) is 13.5 Å². The number of aliphatic hydroxyl groups excluding tert-OH is 1. The van der Waals surface area contributed by atoms with Crippen LogP contribution in [0, 0.1) is 0 Å². The molecule has 2 N–H and O–H groups in total. The third-order valence-corrected chi connectivity index (χ3v) is 7.33. The summed E-state index contributed by atoms with van der Waals surface area (Å²) in [5, 5.41) is 12.3. The first-order chi connectivity index (χ1) is 12.9. The van der Waals surface area contributed by atoms with Crippen molar-refractivity contribution < 1.29 is 23.0 Å². The molecule has 0 amide bonds. The predicted molar refractivity (Wildman–Crippen MR) is 106 cm³/mol. The normalized spacial score (nSPS) is 12.7. The van der Waals surface area contributed by atoms with E-state index >= 15 is 0 Å². The summed E-state index contributed by atoms with van der Waals surface area (Å²) >= 11 is 2.85. The lowest BCUT2D eigenvalue weighted by Gasteiger charge is -2.10. The van der Waals surface area contributed by atoms with Crippen LogP contribution in [0.3, 0.4) is 0 Å². The molecule has 3 rings (SSSR count). The van der Waals surface area contributed by atoms with Gasteiger partial charge in [0.2, 0.25) is 10.0 Å². The second-order valence-corrected chi connectivity index (χ2v) is 9.51. The minimum absolute atomic E-state index is 0.0931. The second-order valence-electron chi connectivity index (χ2n) is 5.56. The second kappa shape index (κ2) is 8.41. The third kappa shape index (κ3) is 4.50. The molecule has 6 nitrogen and oxygen atoms in total. The van der Waals surface area contributed by atoms with Crippen LogP contribution in [-0.4, -0.2) is 27.7 Å². The molecule has 144 valence electrons. The highest BCUT2D eigenvalue weighted by molar-refractivity contribution is 7.89. The van der Waals surface area contributed by atoms with Crippen molar-refractivity contribution in [3.63, 3.8) is 0 Å². The molecule has 0 saturated heterocycles. The maximum absolute atomic E-state index is 12.6. The quantitative estimate of drug-likeness (QED) is 0.578. The Labute approximate surface area is 166 Å². The van der Waals surface area contributed by atoms with E-state index in [4.69, 9.17) is 9.47 Å². The van der Waals surface area contributed by atoms with E-state index < -0.39 is 16.1 Å². The van der Waals surface area contributed by atoms with E-state index in [1.54, 1.807) is 6.07 Å². The largest absolute Gasteiger partial charge is 0.493 e. The molecule has 2 aromatic heterocycles. The smallest absolute Gasteiger partial charge is 0.241 e. The van der Waals surface area contributed by atoms with Crippen LogP contribution in [0.5, 0.6) is 11.5 Å². The van der Waals surface area contributed by atoms with Gasteiger partial charge in [0, 0.05) is 27.2 Å². The van der Waals surface area contributed by atoms with Gasteiger partial charge in [-0.05, 0) is 35.7 Å². The first kappa shape index (κ1) is 19.8. The van der Waals surface area contributed by atoms with Gasteiger partial charge in [-0.2, -0.15) is 0 Å². The fourth-order valence-electron chi connectivity index (χ4n) is 2.46. The van der Waals surface area contributed by atoms with Gasteiger partial charge in [-0.1, -0.05) is 6.07 Å². The van der Waals surface area contributed by atoms with E-state index in [1.807, 2.05) is 29.6 Å². The fourth-order valence-corrected chi connectivity index (χ4v) is 5.33. The van der Waals surface area contributed by atoms with Gasteiger partial charge in [0.25, 0.3) is 0 Å². The molecule has 0 saturated carbocycles. The molecule has 2 heterocycles. The van der Waals surface area contributed by atoms with Crippen LogP contribution >= 0.6 is 22.7 Å². The number of methoxy groups -OCH3 is 2. The number of hydrogen-bond donors (Lipinski definition) is 2. The number of hydrogen-bond acceptors (Lipinski definition) is 7. The van der Waals surface area contributed by atoms with E-state index in [2.05, 4.69) is 4.72 Å². The molecule has 1 unspecified atom stereocenters. The molecule has 0 aliphatic carbocycles. The Balaban J connectivity index is 1.71. The minimum atomic E-state index is -3.71. The Morgan fingerprint density at radius 3 is 2.52 bits per heavy atom. The topological polar surface area (TPSA) is 84.9 Å². The van der Waals surface area contributed by atoms with Crippen molar-refractivity contribution >= 4 is 32.7 Å². The van der Waals surface area contributed by atoms with Crippen molar-refractivity contribution in [3.8, 4) is 11.5 Å². The maximum atomic E-state index is 12.6. The summed E-state index contributed by atoms with van der Waals surface area (Å²) in [7, 11) is -0.768. The van der Waals surface area contributed by atoms with E-state index in [0.29, 0.717) is 11.5 Å². The highest BCUT2D eigenvalue weighted by atomic mass is 32.2. The summed E-state index contributed by atoms with van der Waals surface area (Å²) in [6.45, 7) is 0.137.